The first-order valence-electron chi connectivity index (χ1n) is 8.59. The number of aromatic nitrogens is 1. The zero-order chi connectivity index (χ0) is 17.9. The number of oxazole rings is 1. The lowest BCUT2D eigenvalue weighted by Gasteiger charge is -2.36. The van der Waals surface area contributed by atoms with Crippen LogP contribution in [-0.4, -0.2) is 29.5 Å². The van der Waals surface area contributed by atoms with Crippen LogP contribution in [0.15, 0.2) is 59.2 Å². The van der Waals surface area contributed by atoms with E-state index in [4.69, 9.17) is 4.42 Å². The van der Waals surface area contributed by atoms with Gasteiger partial charge in [-0.1, -0.05) is 12.1 Å². The van der Waals surface area contributed by atoms with E-state index in [0.717, 1.165) is 36.5 Å². The number of nitrogens with zero attached hydrogens (tertiary/aromatic N) is 2. The van der Waals surface area contributed by atoms with E-state index < -0.39 is 0 Å². The molecule has 7 heteroatoms. The summed E-state index contributed by atoms with van der Waals surface area (Å²) in [4.78, 5) is 6.79. The summed E-state index contributed by atoms with van der Waals surface area (Å²) in [7, 11) is 0. The molecule has 0 radical (unpaired) electrons. The smallest absolute Gasteiger partial charge is 0.226 e. The van der Waals surface area contributed by atoms with Crippen molar-refractivity contribution >= 4 is 12.4 Å². The molecule has 142 valence electrons. The minimum Gasteiger partial charge on any atom is -0.444 e. The van der Waals surface area contributed by atoms with Crippen molar-refractivity contribution in [1.29, 1.82) is 0 Å². The van der Waals surface area contributed by atoms with Crippen molar-refractivity contribution in [3.8, 4) is 11.5 Å². The SMILES string of the molecule is Cl.Fc1ccc(-c2nc(CN3CCNCC3c3cccc(F)c3)co2)cc1. The number of benzene rings is 2. The van der Waals surface area contributed by atoms with Gasteiger partial charge in [-0.25, -0.2) is 13.8 Å². The fourth-order valence-electron chi connectivity index (χ4n) is 3.29. The van der Waals surface area contributed by atoms with Crippen LogP contribution in [0.5, 0.6) is 0 Å². The van der Waals surface area contributed by atoms with E-state index in [-0.39, 0.29) is 30.1 Å². The van der Waals surface area contributed by atoms with Crippen molar-refractivity contribution < 1.29 is 13.2 Å². The van der Waals surface area contributed by atoms with Crippen LogP contribution < -0.4 is 5.32 Å². The highest BCUT2D eigenvalue weighted by atomic mass is 35.5. The second-order valence-corrected chi connectivity index (χ2v) is 6.40. The number of halogens is 3. The molecule has 0 saturated carbocycles. The van der Waals surface area contributed by atoms with Gasteiger partial charge < -0.3 is 9.73 Å². The predicted octanol–water partition coefficient (Wildman–Crippen LogP) is 4.19. The molecule has 1 aromatic heterocycles. The normalized spacial score (nSPS) is 17.5. The van der Waals surface area contributed by atoms with Gasteiger partial charge in [0, 0.05) is 37.8 Å². The van der Waals surface area contributed by atoms with Gasteiger partial charge in [0.15, 0.2) is 0 Å². The molecule has 27 heavy (non-hydrogen) atoms. The number of hydrogen-bond donors (Lipinski definition) is 1. The largest absolute Gasteiger partial charge is 0.444 e. The summed E-state index contributed by atoms with van der Waals surface area (Å²) in [5.41, 5.74) is 2.48. The molecule has 1 unspecified atom stereocenters. The molecule has 0 amide bonds. The molecule has 0 aliphatic carbocycles. The van der Waals surface area contributed by atoms with Crippen LogP contribution in [0, 0.1) is 11.6 Å². The molecule has 1 aliphatic heterocycles. The molecule has 4 nitrogen and oxygen atoms in total. The summed E-state index contributed by atoms with van der Waals surface area (Å²) in [6.07, 6.45) is 1.63. The first-order chi connectivity index (χ1) is 12.7. The zero-order valence-corrected chi connectivity index (χ0v) is 15.4. The maximum absolute atomic E-state index is 13.6. The molecule has 1 aliphatic rings. The Labute approximate surface area is 162 Å². The van der Waals surface area contributed by atoms with Crippen molar-refractivity contribution in [3.05, 3.63) is 77.7 Å². The van der Waals surface area contributed by atoms with Crippen LogP contribution in [0.4, 0.5) is 8.78 Å². The molecular weight excluding hydrogens is 372 g/mol. The third-order valence-electron chi connectivity index (χ3n) is 4.60. The van der Waals surface area contributed by atoms with Crippen LogP contribution >= 0.6 is 12.4 Å². The maximum Gasteiger partial charge on any atom is 0.226 e. The van der Waals surface area contributed by atoms with Gasteiger partial charge in [0.05, 0.1) is 5.69 Å². The highest BCUT2D eigenvalue weighted by Crippen LogP contribution is 2.26. The fraction of sp³-hybridized carbons (Fsp3) is 0.250. The number of nitrogens with one attached hydrogen (secondary N) is 1. The number of piperazine rings is 1. The fourth-order valence-corrected chi connectivity index (χ4v) is 3.29. The Balaban J connectivity index is 0.00000210. The van der Waals surface area contributed by atoms with Crippen molar-refractivity contribution in [2.45, 2.75) is 12.6 Å². The number of rotatable bonds is 4. The molecule has 1 fully saturated rings. The second kappa shape index (κ2) is 8.61. The first kappa shape index (κ1) is 19.5. The lowest BCUT2D eigenvalue weighted by atomic mass is 10.0. The van der Waals surface area contributed by atoms with Gasteiger partial charge in [-0.2, -0.15) is 0 Å². The summed E-state index contributed by atoms with van der Waals surface area (Å²) in [5.74, 6) is -0.0511. The van der Waals surface area contributed by atoms with Gasteiger partial charge in [-0.15, -0.1) is 12.4 Å². The van der Waals surface area contributed by atoms with Crippen LogP contribution in [-0.2, 0) is 6.54 Å². The Morgan fingerprint density at radius 3 is 2.70 bits per heavy atom. The van der Waals surface area contributed by atoms with E-state index in [9.17, 15) is 8.78 Å². The molecule has 2 heterocycles. The monoisotopic (exact) mass is 391 g/mol. The third-order valence-corrected chi connectivity index (χ3v) is 4.60. The molecule has 1 saturated heterocycles. The minimum atomic E-state index is -0.292. The van der Waals surface area contributed by atoms with Gasteiger partial charge in [0.1, 0.15) is 17.9 Å². The standard InChI is InChI=1S/C20H19F2N3O.ClH/c21-16-6-4-14(5-7-16)20-24-18(13-26-20)12-25-9-8-23-11-19(25)15-2-1-3-17(22)10-15;/h1-7,10,13,19,23H,8-9,11-12H2;1H. The molecule has 3 aromatic rings. The van der Waals surface area contributed by atoms with Crippen molar-refractivity contribution in [3.63, 3.8) is 0 Å². The Morgan fingerprint density at radius 1 is 1.11 bits per heavy atom. The molecule has 1 atom stereocenters. The quantitative estimate of drug-likeness (QED) is 0.724. The van der Waals surface area contributed by atoms with Crippen molar-refractivity contribution in [1.82, 2.24) is 15.2 Å². The third kappa shape index (κ3) is 4.53. The van der Waals surface area contributed by atoms with Gasteiger partial charge in [-0.3, -0.25) is 4.90 Å². The van der Waals surface area contributed by atoms with Crippen LogP contribution in [0.1, 0.15) is 17.3 Å². The van der Waals surface area contributed by atoms with Gasteiger partial charge >= 0.3 is 0 Å². The topological polar surface area (TPSA) is 41.3 Å². The zero-order valence-electron chi connectivity index (χ0n) is 14.6. The van der Waals surface area contributed by atoms with E-state index in [2.05, 4.69) is 15.2 Å². The highest BCUT2D eigenvalue weighted by molar-refractivity contribution is 5.85. The molecule has 2 aromatic carbocycles. The maximum atomic E-state index is 13.6. The van der Waals surface area contributed by atoms with Crippen LogP contribution in [0.2, 0.25) is 0 Å². The molecule has 0 spiro atoms. The minimum absolute atomic E-state index is 0. The molecular formula is C20H20ClF2N3O. The van der Waals surface area contributed by atoms with E-state index in [0.29, 0.717) is 12.4 Å². The van der Waals surface area contributed by atoms with Crippen LogP contribution in [0.3, 0.4) is 0 Å². The average molecular weight is 392 g/mol. The van der Waals surface area contributed by atoms with Crippen molar-refractivity contribution in [2.24, 2.45) is 0 Å². The van der Waals surface area contributed by atoms with E-state index >= 15 is 0 Å². The van der Waals surface area contributed by atoms with E-state index in [1.165, 1.54) is 18.2 Å². The second-order valence-electron chi connectivity index (χ2n) is 6.40. The number of hydrogen-bond acceptors (Lipinski definition) is 4. The van der Waals surface area contributed by atoms with E-state index in [1.54, 1.807) is 30.5 Å². The van der Waals surface area contributed by atoms with Gasteiger partial charge in [0.25, 0.3) is 0 Å². The Morgan fingerprint density at radius 2 is 1.93 bits per heavy atom. The first-order valence-corrected chi connectivity index (χ1v) is 8.59. The Kier molecular flexibility index (Phi) is 6.21. The average Bonchev–Trinajstić information content (AvgIpc) is 3.11. The molecule has 1 N–H and O–H groups in total. The highest BCUT2D eigenvalue weighted by Gasteiger charge is 2.25. The molecule has 4 rings (SSSR count). The summed E-state index contributed by atoms with van der Waals surface area (Å²) in [6.45, 7) is 3.06. The summed E-state index contributed by atoms with van der Waals surface area (Å²) < 4.78 is 32.2. The van der Waals surface area contributed by atoms with E-state index in [1.807, 2.05) is 6.07 Å². The Hall–Kier alpha value is -2.28. The van der Waals surface area contributed by atoms with Gasteiger partial charge in [-0.05, 0) is 42.0 Å². The molecule has 0 bridgehead atoms. The lowest BCUT2D eigenvalue weighted by molar-refractivity contribution is 0.151. The van der Waals surface area contributed by atoms with Crippen molar-refractivity contribution in [2.75, 3.05) is 19.6 Å². The summed E-state index contributed by atoms with van der Waals surface area (Å²) in [6, 6.07) is 12.8. The summed E-state index contributed by atoms with van der Waals surface area (Å²) in [5, 5.41) is 3.36. The lowest BCUT2D eigenvalue weighted by Crippen LogP contribution is -2.45. The Bertz CT molecular complexity index is 885. The predicted molar refractivity (Wildman–Crippen MR) is 102 cm³/mol. The summed E-state index contributed by atoms with van der Waals surface area (Å²) >= 11 is 0. The van der Waals surface area contributed by atoms with Crippen LogP contribution in [0.25, 0.3) is 11.5 Å². The van der Waals surface area contributed by atoms with Gasteiger partial charge in [0.2, 0.25) is 5.89 Å².